The van der Waals surface area contributed by atoms with Crippen molar-refractivity contribution in [3.8, 4) is 0 Å². The van der Waals surface area contributed by atoms with Crippen LogP contribution in [0.1, 0.15) is 44.0 Å². The molecule has 0 N–H and O–H groups in total. The number of halogens is 2. The van der Waals surface area contributed by atoms with Crippen LogP contribution in [-0.4, -0.2) is 47.8 Å². The standard InChI is InChI=1S/C19H26ClFN2O2/c1-13(2)10-14(3)11-18(24)22-6-8-23(9-7-22)19(25)16-12-15(20)4-5-17(16)21/h4-5,12-14H,6-11H2,1-3H3. The Kier molecular flexibility index (Phi) is 6.82. The number of hydrogen-bond acceptors (Lipinski definition) is 2. The molecule has 1 aliphatic rings. The molecule has 2 rings (SSSR count). The van der Waals surface area contributed by atoms with E-state index < -0.39 is 5.82 Å². The van der Waals surface area contributed by atoms with E-state index in [4.69, 9.17) is 11.6 Å². The van der Waals surface area contributed by atoms with Gasteiger partial charge in [0, 0.05) is 37.6 Å². The van der Waals surface area contributed by atoms with Crippen LogP contribution in [-0.2, 0) is 4.79 Å². The van der Waals surface area contributed by atoms with Crippen LogP contribution in [0.25, 0.3) is 0 Å². The van der Waals surface area contributed by atoms with Crippen LogP contribution in [0.4, 0.5) is 4.39 Å². The van der Waals surface area contributed by atoms with Gasteiger partial charge in [0.1, 0.15) is 5.82 Å². The highest BCUT2D eigenvalue weighted by atomic mass is 35.5. The number of piperazine rings is 1. The van der Waals surface area contributed by atoms with Crippen LogP contribution in [0.3, 0.4) is 0 Å². The molecule has 0 spiro atoms. The summed E-state index contributed by atoms with van der Waals surface area (Å²) in [6, 6.07) is 3.97. The maximum Gasteiger partial charge on any atom is 0.257 e. The number of hydrogen-bond donors (Lipinski definition) is 0. The van der Waals surface area contributed by atoms with E-state index in [1.54, 1.807) is 9.80 Å². The average molecular weight is 369 g/mol. The van der Waals surface area contributed by atoms with Crippen molar-refractivity contribution >= 4 is 23.4 Å². The Morgan fingerprint density at radius 3 is 2.32 bits per heavy atom. The van der Waals surface area contributed by atoms with Crippen molar-refractivity contribution in [2.24, 2.45) is 11.8 Å². The topological polar surface area (TPSA) is 40.6 Å². The summed E-state index contributed by atoms with van der Waals surface area (Å²) in [5.74, 6) is 0.113. The summed E-state index contributed by atoms with van der Waals surface area (Å²) >= 11 is 5.86. The Morgan fingerprint density at radius 1 is 1.12 bits per heavy atom. The third-order valence-electron chi connectivity index (χ3n) is 4.48. The summed E-state index contributed by atoms with van der Waals surface area (Å²) in [6.45, 7) is 8.20. The normalized spacial score (nSPS) is 16.2. The molecule has 2 amide bonds. The lowest BCUT2D eigenvalue weighted by molar-refractivity contribution is -0.133. The van der Waals surface area contributed by atoms with Crippen molar-refractivity contribution in [2.45, 2.75) is 33.6 Å². The SMILES string of the molecule is CC(C)CC(C)CC(=O)N1CCN(C(=O)c2cc(Cl)ccc2F)CC1. The number of carbonyl (C=O) groups excluding carboxylic acids is 2. The Bertz CT molecular complexity index is 628. The van der Waals surface area contributed by atoms with E-state index in [9.17, 15) is 14.0 Å². The summed E-state index contributed by atoms with van der Waals surface area (Å²) in [5, 5.41) is 0.331. The Morgan fingerprint density at radius 2 is 1.72 bits per heavy atom. The molecule has 1 aromatic rings. The zero-order valence-corrected chi connectivity index (χ0v) is 15.9. The highest BCUT2D eigenvalue weighted by Crippen LogP contribution is 2.19. The third kappa shape index (κ3) is 5.43. The smallest absolute Gasteiger partial charge is 0.257 e. The van der Waals surface area contributed by atoms with E-state index in [1.807, 2.05) is 0 Å². The molecule has 1 saturated heterocycles. The molecule has 0 aliphatic carbocycles. The molecule has 0 saturated carbocycles. The molecule has 0 bridgehead atoms. The maximum absolute atomic E-state index is 13.9. The lowest BCUT2D eigenvalue weighted by Crippen LogP contribution is -2.51. The van der Waals surface area contributed by atoms with E-state index in [0.717, 1.165) is 6.42 Å². The first-order chi connectivity index (χ1) is 11.8. The predicted octanol–water partition coefficient (Wildman–Crippen LogP) is 3.84. The van der Waals surface area contributed by atoms with Crippen LogP contribution >= 0.6 is 11.6 Å². The zero-order valence-electron chi connectivity index (χ0n) is 15.1. The van der Waals surface area contributed by atoms with E-state index in [2.05, 4.69) is 20.8 Å². The number of nitrogens with zero attached hydrogens (tertiary/aromatic N) is 2. The van der Waals surface area contributed by atoms with Crippen LogP contribution < -0.4 is 0 Å². The number of rotatable bonds is 5. The molecule has 1 aliphatic heterocycles. The largest absolute Gasteiger partial charge is 0.339 e. The predicted molar refractivity (Wildman–Crippen MR) is 97.1 cm³/mol. The van der Waals surface area contributed by atoms with E-state index >= 15 is 0 Å². The van der Waals surface area contributed by atoms with Gasteiger partial charge in [-0.2, -0.15) is 0 Å². The molecule has 0 radical (unpaired) electrons. The molecule has 1 unspecified atom stereocenters. The fourth-order valence-corrected chi connectivity index (χ4v) is 3.48. The second kappa shape index (κ2) is 8.65. The van der Waals surface area contributed by atoms with Crippen molar-refractivity contribution in [2.75, 3.05) is 26.2 Å². The molecule has 6 heteroatoms. The first-order valence-corrected chi connectivity index (χ1v) is 9.17. The fraction of sp³-hybridized carbons (Fsp3) is 0.579. The molecule has 25 heavy (non-hydrogen) atoms. The van der Waals surface area contributed by atoms with Crippen molar-refractivity contribution in [3.05, 3.63) is 34.6 Å². The van der Waals surface area contributed by atoms with Crippen LogP contribution in [0.15, 0.2) is 18.2 Å². The molecular formula is C19H26ClFN2O2. The minimum Gasteiger partial charge on any atom is -0.339 e. The van der Waals surface area contributed by atoms with Gasteiger partial charge < -0.3 is 9.80 Å². The highest BCUT2D eigenvalue weighted by Gasteiger charge is 2.27. The van der Waals surface area contributed by atoms with Gasteiger partial charge in [0.15, 0.2) is 0 Å². The Hall–Kier alpha value is -1.62. The quantitative estimate of drug-likeness (QED) is 0.792. The lowest BCUT2D eigenvalue weighted by Gasteiger charge is -2.35. The van der Waals surface area contributed by atoms with Gasteiger partial charge in [-0.3, -0.25) is 9.59 Å². The first-order valence-electron chi connectivity index (χ1n) is 8.80. The van der Waals surface area contributed by atoms with Crippen LogP contribution in [0.5, 0.6) is 0 Å². The van der Waals surface area contributed by atoms with Crippen molar-refractivity contribution in [1.29, 1.82) is 0 Å². The summed E-state index contributed by atoms with van der Waals surface area (Å²) in [6.07, 6.45) is 1.56. The van der Waals surface area contributed by atoms with Gasteiger partial charge in [-0.1, -0.05) is 32.4 Å². The molecular weight excluding hydrogens is 343 g/mol. The first kappa shape index (κ1) is 19.7. The molecule has 1 atom stereocenters. The van der Waals surface area contributed by atoms with E-state index in [-0.39, 0.29) is 17.4 Å². The van der Waals surface area contributed by atoms with Gasteiger partial charge in [-0.05, 0) is 36.5 Å². The minimum absolute atomic E-state index is 0.0159. The van der Waals surface area contributed by atoms with Crippen molar-refractivity contribution < 1.29 is 14.0 Å². The van der Waals surface area contributed by atoms with Gasteiger partial charge >= 0.3 is 0 Å². The molecule has 0 aromatic heterocycles. The van der Waals surface area contributed by atoms with Gasteiger partial charge in [-0.15, -0.1) is 0 Å². The summed E-state index contributed by atoms with van der Waals surface area (Å²) in [7, 11) is 0. The second-order valence-corrected chi connectivity index (χ2v) is 7.67. The van der Waals surface area contributed by atoms with Crippen LogP contribution in [0.2, 0.25) is 5.02 Å². The van der Waals surface area contributed by atoms with E-state index in [1.165, 1.54) is 18.2 Å². The summed E-state index contributed by atoms with van der Waals surface area (Å²) < 4.78 is 13.9. The van der Waals surface area contributed by atoms with Gasteiger partial charge in [-0.25, -0.2) is 4.39 Å². The molecule has 1 fully saturated rings. The second-order valence-electron chi connectivity index (χ2n) is 7.24. The Balaban J connectivity index is 1.89. The van der Waals surface area contributed by atoms with Crippen molar-refractivity contribution in [1.82, 2.24) is 9.80 Å². The maximum atomic E-state index is 13.9. The monoisotopic (exact) mass is 368 g/mol. The zero-order chi connectivity index (χ0) is 18.6. The Labute approximate surface area is 153 Å². The molecule has 1 aromatic carbocycles. The van der Waals surface area contributed by atoms with Gasteiger partial charge in [0.05, 0.1) is 5.56 Å². The number of amides is 2. The molecule has 1 heterocycles. The number of benzene rings is 1. The minimum atomic E-state index is -0.574. The molecule has 138 valence electrons. The third-order valence-corrected chi connectivity index (χ3v) is 4.71. The highest BCUT2D eigenvalue weighted by molar-refractivity contribution is 6.31. The van der Waals surface area contributed by atoms with Crippen molar-refractivity contribution in [3.63, 3.8) is 0 Å². The van der Waals surface area contributed by atoms with Gasteiger partial charge in [0.25, 0.3) is 5.91 Å². The lowest BCUT2D eigenvalue weighted by atomic mass is 9.95. The summed E-state index contributed by atoms with van der Waals surface area (Å²) in [5.41, 5.74) is -0.0159. The van der Waals surface area contributed by atoms with E-state index in [0.29, 0.717) is 49.5 Å². The van der Waals surface area contributed by atoms with Gasteiger partial charge in [0.2, 0.25) is 5.91 Å². The number of carbonyl (C=O) groups is 2. The average Bonchev–Trinajstić information content (AvgIpc) is 2.55. The molecule has 4 nitrogen and oxygen atoms in total. The fourth-order valence-electron chi connectivity index (χ4n) is 3.31. The summed E-state index contributed by atoms with van der Waals surface area (Å²) in [4.78, 5) is 28.2. The van der Waals surface area contributed by atoms with Crippen LogP contribution in [0, 0.1) is 17.7 Å².